The number of hydrogen-bond donors (Lipinski definition) is 2. The first-order chi connectivity index (χ1) is 17.5. The zero-order valence-corrected chi connectivity index (χ0v) is 22.8. The second-order valence-corrected chi connectivity index (χ2v) is 12.7. The van der Waals surface area contributed by atoms with Crippen molar-refractivity contribution in [3.05, 3.63) is 70.3 Å². The third-order valence-corrected chi connectivity index (χ3v) is 9.16. The molecule has 1 aliphatic heterocycles. The zero-order chi connectivity index (χ0) is 26.8. The zero-order valence-electron chi connectivity index (χ0n) is 20.4. The summed E-state index contributed by atoms with van der Waals surface area (Å²) in [6.07, 6.45) is -0.525. The summed E-state index contributed by atoms with van der Waals surface area (Å²) in [5, 5.41) is 14.6. The summed E-state index contributed by atoms with van der Waals surface area (Å²) in [4.78, 5) is 14.5. The van der Waals surface area contributed by atoms with Gasteiger partial charge in [0.05, 0.1) is 22.0 Å². The van der Waals surface area contributed by atoms with E-state index in [2.05, 4.69) is 26.7 Å². The predicted octanol–water partition coefficient (Wildman–Crippen LogP) is 5.36. The Bertz CT molecular complexity index is 1350. The SMILES string of the molecule is CC(C)(CS(=O)(=O)c1cc(Cl)c(N[C@H]2CCN(Cc3ccccc3)C2)cc1F)N(C(=O)O)c1ccsn1. The van der Waals surface area contributed by atoms with Crippen LogP contribution in [0.5, 0.6) is 0 Å². The lowest BCUT2D eigenvalue weighted by atomic mass is 10.1. The molecule has 0 radical (unpaired) electrons. The van der Waals surface area contributed by atoms with Crippen LogP contribution in [-0.2, 0) is 16.4 Å². The number of halogens is 2. The smallest absolute Gasteiger partial charge is 0.413 e. The van der Waals surface area contributed by atoms with Gasteiger partial charge >= 0.3 is 6.09 Å². The highest BCUT2D eigenvalue weighted by molar-refractivity contribution is 7.91. The fourth-order valence-corrected chi connectivity index (χ4v) is 7.27. The Labute approximate surface area is 224 Å². The van der Waals surface area contributed by atoms with Crippen molar-refractivity contribution in [1.82, 2.24) is 9.27 Å². The summed E-state index contributed by atoms with van der Waals surface area (Å²) in [5.41, 5.74) is 0.0974. The van der Waals surface area contributed by atoms with Crippen LogP contribution in [0.25, 0.3) is 0 Å². The molecule has 1 fully saturated rings. The number of carboxylic acid groups (broad SMARTS) is 1. The number of carbonyl (C=O) groups is 1. The van der Waals surface area contributed by atoms with E-state index in [-0.39, 0.29) is 16.9 Å². The topological polar surface area (TPSA) is 103 Å². The largest absolute Gasteiger partial charge is 0.465 e. The minimum Gasteiger partial charge on any atom is -0.465 e. The first-order valence-corrected chi connectivity index (χ1v) is 14.5. The van der Waals surface area contributed by atoms with Gasteiger partial charge in [0, 0.05) is 31.1 Å². The van der Waals surface area contributed by atoms with Crippen LogP contribution in [0.3, 0.4) is 0 Å². The second-order valence-electron chi connectivity index (χ2n) is 9.66. The van der Waals surface area contributed by atoms with Gasteiger partial charge in [0.2, 0.25) is 0 Å². The van der Waals surface area contributed by atoms with E-state index in [1.54, 1.807) is 5.38 Å². The van der Waals surface area contributed by atoms with Crippen LogP contribution in [0, 0.1) is 5.82 Å². The number of aromatic nitrogens is 1. The van der Waals surface area contributed by atoms with Gasteiger partial charge < -0.3 is 10.4 Å². The number of hydrogen-bond acceptors (Lipinski definition) is 7. The lowest BCUT2D eigenvalue weighted by Gasteiger charge is -2.34. The molecule has 198 valence electrons. The summed E-state index contributed by atoms with van der Waals surface area (Å²) in [7, 11) is -4.25. The highest BCUT2D eigenvalue weighted by atomic mass is 35.5. The number of benzene rings is 2. The molecule has 1 aliphatic rings. The van der Waals surface area contributed by atoms with E-state index >= 15 is 4.39 Å². The number of amides is 1. The molecule has 1 atom stereocenters. The van der Waals surface area contributed by atoms with Gasteiger partial charge in [-0.1, -0.05) is 41.9 Å². The molecular weight excluding hydrogens is 539 g/mol. The molecule has 0 bridgehead atoms. The van der Waals surface area contributed by atoms with Crippen LogP contribution in [-0.4, -0.2) is 59.3 Å². The molecule has 0 spiro atoms. The third-order valence-electron chi connectivity index (χ3n) is 6.23. The van der Waals surface area contributed by atoms with Gasteiger partial charge in [-0.2, -0.15) is 4.37 Å². The van der Waals surface area contributed by atoms with E-state index in [1.165, 1.54) is 25.5 Å². The first kappa shape index (κ1) is 27.3. The van der Waals surface area contributed by atoms with Gasteiger partial charge in [0.15, 0.2) is 15.7 Å². The summed E-state index contributed by atoms with van der Waals surface area (Å²) in [6, 6.07) is 13.8. The van der Waals surface area contributed by atoms with E-state index in [0.717, 1.165) is 54.6 Å². The van der Waals surface area contributed by atoms with Crippen LogP contribution in [0.2, 0.25) is 5.02 Å². The molecule has 0 unspecified atom stereocenters. The van der Waals surface area contributed by atoms with Crippen LogP contribution < -0.4 is 10.2 Å². The quantitative estimate of drug-likeness (QED) is 0.359. The maximum Gasteiger partial charge on any atom is 0.413 e. The number of rotatable bonds is 9. The van der Waals surface area contributed by atoms with Crippen LogP contribution in [0.4, 0.5) is 20.7 Å². The molecule has 1 saturated heterocycles. The maximum absolute atomic E-state index is 15.1. The van der Waals surface area contributed by atoms with Crippen LogP contribution in [0.1, 0.15) is 25.8 Å². The number of sulfone groups is 1. The fraction of sp³-hybridized carbons (Fsp3) is 0.360. The molecule has 1 amide bonds. The lowest BCUT2D eigenvalue weighted by Crippen LogP contribution is -2.52. The maximum atomic E-state index is 15.1. The van der Waals surface area contributed by atoms with E-state index in [9.17, 15) is 18.3 Å². The molecular formula is C25H28ClFN4O4S2. The van der Waals surface area contributed by atoms with Crippen molar-refractivity contribution in [2.75, 3.05) is 29.1 Å². The van der Waals surface area contributed by atoms with Gasteiger partial charge in [-0.15, -0.1) is 0 Å². The van der Waals surface area contributed by atoms with Crippen molar-refractivity contribution in [2.45, 2.75) is 43.3 Å². The summed E-state index contributed by atoms with van der Waals surface area (Å²) in [6.45, 7) is 5.32. The molecule has 37 heavy (non-hydrogen) atoms. The van der Waals surface area contributed by atoms with Gasteiger partial charge in [-0.25, -0.2) is 17.6 Å². The second kappa shape index (κ2) is 10.9. The Morgan fingerprint density at radius 1 is 1.30 bits per heavy atom. The molecule has 2 aromatic carbocycles. The van der Waals surface area contributed by atoms with Gasteiger partial charge in [-0.05, 0) is 55.6 Å². The minimum atomic E-state index is -4.25. The molecule has 8 nitrogen and oxygen atoms in total. The Kier molecular flexibility index (Phi) is 8.08. The van der Waals surface area contributed by atoms with E-state index in [1.807, 2.05) is 18.2 Å². The molecule has 2 heterocycles. The van der Waals surface area contributed by atoms with Crippen molar-refractivity contribution in [3.63, 3.8) is 0 Å². The van der Waals surface area contributed by atoms with Crippen molar-refractivity contribution in [1.29, 1.82) is 0 Å². The average molecular weight is 567 g/mol. The Hall–Kier alpha value is -2.73. The number of anilines is 2. The van der Waals surface area contributed by atoms with Gasteiger partial charge in [0.25, 0.3) is 0 Å². The molecule has 12 heteroatoms. The fourth-order valence-electron chi connectivity index (χ4n) is 4.63. The van der Waals surface area contributed by atoms with E-state index in [4.69, 9.17) is 11.6 Å². The summed E-state index contributed by atoms with van der Waals surface area (Å²) >= 11 is 7.44. The lowest BCUT2D eigenvalue weighted by molar-refractivity contribution is 0.195. The minimum absolute atomic E-state index is 0.0317. The Morgan fingerprint density at radius 3 is 2.68 bits per heavy atom. The number of likely N-dealkylation sites (tertiary alicyclic amines) is 1. The molecule has 0 saturated carbocycles. The van der Waals surface area contributed by atoms with Crippen LogP contribution in [0.15, 0.2) is 58.8 Å². The first-order valence-electron chi connectivity index (χ1n) is 11.6. The monoisotopic (exact) mass is 566 g/mol. The van der Waals surface area contributed by atoms with Crippen molar-refractivity contribution in [3.8, 4) is 0 Å². The molecule has 1 aromatic heterocycles. The van der Waals surface area contributed by atoms with Crippen molar-refractivity contribution in [2.24, 2.45) is 0 Å². The molecule has 4 rings (SSSR count). The number of nitrogens with one attached hydrogen (secondary N) is 1. The Morgan fingerprint density at radius 2 is 2.03 bits per heavy atom. The number of nitrogens with zero attached hydrogens (tertiary/aromatic N) is 3. The summed E-state index contributed by atoms with van der Waals surface area (Å²) < 4.78 is 45.6. The molecule has 2 N–H and O–H groups in total. The third kappa shape index (κ3) is 6.40. The van der Waals surface area contributed by atoms with Crippen LogP contribution >= 0.6 is 23.1 Å². The predicted molar refractivity (Wildman–Crippen MR) is 144 cm³/mol. The Balaban J connectivity index is 1.48. The molecule has 3 aromatic rings. The van der Waals surface area contributed by atoms with E-state index in [0.29, 0.717) is 5.69 Å². The van der Waals surface area contributed by atoms with Gasteiger partial charge in [0.1, 0.15) is 10.7 Å². The molecule has 0 aliphatic carbocycles. The highest BCUT2D eigenvalue weighted by Gasteiger charge is 2.39. The van der Waals surface area contributed by atoms with Crippen molar-refractivity contribution < 1.29 is 22.7 Å². The standard InChI is InChI=1S/C25H28ClFN4O4S2/c1-25(2,31(24(32)33)23-9-11-36-29-23)16-37(34,35)22-12-19(26)21(13-20(22)27)28-18-8-10-30(15-18)14-17-6-4-3-5-7-17/h3-7,9,11-13,18,28H,8,10,14-16H2,1-2H3,(H,32,33)/t18-/m0/s1. The van der Waals surface area contributed by atoms with E-state index < -0.39 is 37.9 Å². The average Bonchev–Trinajstić information content (AvgIpc) is 3.48. The van der Waals surface area contributed by atoms with Gasteiger partial charge in [-0.3, -0.25) is 9.80 Å². The summed E-state index contributed by atoms with van der Waals surface area (Å²) in [5.74, 6) is -1.51. The van der Waals surface area contributed by atoms with Crippen molar-refractivity contribution >= 4 is 50.6 Å². The highest BCUT2D eigenvalue weighted by Crippen LogP contribution is 2.33. The normalized spacial score (nSPS) is 16.6.